The molecule has 0 fully saturated rings. The smallest absolute Gasteiger partial charge is 0.497 e. The van der Waals surface area contributed by atoms with E-state index in [1.54, 1.807) is 19.2 Å². The molecule has 2 N–H and O–H groups in total. The molecule has 0 aliphatic heterocycles. The molecular formula is C23H31F3NO5PS. The molecule has 0 aliphatic carbocycles. The number of methoxy groups -OCH3 is 1. The van der Waals surface area contributed by atoms with Crippen LogP contribution in [0.4, 0.5) is 13.2 Å². The van der Waals surface area contributed by atoms with E-state index >= 15 is 0 Å². The SMILES string of the molecule is COc1ccc(CCCCCSc2ccc(CNCCCO[PH](=O)O)cc2OC(F)(F)F)cc1. The standard InChI is InChI=1S/C23H31F3NO5PS/c1-30-20-10-7-18(8-11-20)6-3-2-4-15-34-22-12-9-19(16-21(22)32-23(24,25)26)17-27-13-5-14-31-33(28)29/h7-12,16,27,33H,2-6,13-15,17H2,1H3,(H,28,29). The predicted molar refractivity (Wildman–Crippen MR) is 128 cm³/mol. The lowest BCUT2D eigenvalue weighted by Gasteiger charge is -2.15. The molecule has 11 heteroatoms. The van der Waals surface area contributed by atoms with Gasteiger partial charge in [0.2, 0.25) is 0 Å². The van der Waals surface area contributed by atoms with Crippen molar-refractivity contribution in [2.45, 2.75) is 49.9 Å². The molecule has 0 amide bonds. The third kappa shape index (κ3) is 12.1. The first-order chi connectivity index (χ1) is 16.3. The number of hydrogen-bond acceptors (Lipinski definition) is 6. The number of thioether (sulfide) groups is 1. The highest BCUT2D eigenvalue weighted by molar-refractivity contribution is 7.99. The van der Waals surface area contributed by atoms with Crippen molar-refractivity contribution < 1.29 is 36.6 Å². The first kappa shape index (κ1) is 28.5. The van der Waals surface area contributed by atoms with Gasteiger partial charge in [-0.3, -0.25) is 4.57 Å². The van der Waals surface area contributed by atoms with E-state index in [0.717, 1.165) is 31.4 Å². The van der Waals surface area contributed by atoms with Gasteiger partial charge in [-0.1, -0.05) is 24.6 Å². The zero-order valence-electron chi connectivity index (χ0n) is 19.0. The van der Waals surface area contributed by atoms with Crippen molar-refractivity contribution in [2.24, 2.45) is 0 Å². The third-order valence-electron chi connectivity index (χ3n) is 4.81. The minimum absolute atomic E-state index is 0.138. The first-order valence-electron chi connectivity index (χ1n) is 11.0. The van der Waals surface area contributed by atoms with E-state index in [9.17, 15) is 17.7 Å². The molecule has 2 rings (SSSR count). The molecule has 190 valence electrons. The number of hydrogen-bond donors (Lipinski definition) is 2. The minimum Gasteiger partial charge on any atom is -0.497 e. The molecule has 34 heavy (non-hydrogen) atoms. The zero-order chi connectivity index (χ0) is 24.8. The van der Waals surface area contributed by atoms with Crippen molar-refractivity contribution in [3.05, 3.63) is 53.6 Å². The maximum absolute atomic E-state index is 12.9. The molecule has 2 aromatic rings. The van der Waals surface area contributed by atoms with Crippen LogP contribution in [0.15, 0.2) is 47.4 Å². The first-order valence-corrected chi connectivity index (χ1v) is 13.2. The second-order valence-corrected chi connectivity index (χ2v) is 9.44. The molecule has 0 saturated heterocycles. The molecule has 2 aromatic carbocycles. The molecule has 6 nitrogen and oxygen atoms in total. The number of alkyl halides is 3. The Morgan fingerprint density at radius 1 is 1.03 bits per heavy atom. The second-order valence-electron chi connectivity index (χ2n) is 7.48. The Morgan fingerprint density at radius 2 is 1.76 bits per heavy atom. The number of nitrogens with one attached hydrogen (secondary N) is 1. The Hall–Kier alpha value is -1.71. The number of ether oxygens (including phenoxy) is 2. The molecule has 1 unspecified atom stereocenters. The molecular weight excluding hydrogens is 490 g/mol. The fourth-order valence-electron chi connectivity index (χ4n) is 3.16. The van der Waals surface area contributed by atoms with Gasteiger partial charge in [0.15, 0.2) is 0 Å². The fourth-order valence-corrected chi connectivity index (χ4v) is 4.45. The summed E-state index contributed by atoms with van der Waals surface area (Å²) in [6, 6.07) is 12.8. The van der Waals surface area contributed by atoms with Gasteiger partial charge < -0.3 is 24.2 Å². The van der Waals surface area contributed by atoms with Gasteiger partial charge in [-0.05, 0) is 73.4 Å². The van der Waals surface area contributed by atoms with Crippen molar-refractivity contribution in [1.29, 1.82) is 0 Å². The van der Waals surface area contributed by atoms with E-state index in [0.29, 0.717) is 35.7 Å². The molecule has 0 radical (unpaired) electrons. The zero-order valence-corrected chi connectivity index (χ0v) is 20.8. The minimum atomic E-state index is -4.76. The summed E-state index contributed by atoms with van der Waals surface area (Å²) in [6.45, 7) is 0.982. The van der Waals surface area contributed by atoms with Gasteiger partial charge in [0, 0.05) is 11.4 Å². The third-order valence-corrected chi connectivity index (χ3v) is 6.40. The quantitative estimate of drug-likeness (QED) is 0.160. The Balaban J connectivity index is 1.77. The highest BCUT2D eigenvalue weighted by atomic mass is 32.2. The van der Waals surface area contributed by atoms with Crippen LogP contribution in [0.5, 0.6) is 11.5 Å². The van der Waals surface area contributed by atoms with Crippen LogP contribution in [0.3, 0.4) is 0 Å². The lowest BCUT2D eigenvalue weighted by molar-refractivity contribution is -0.275. The van der Waals surface area contributed by atoms with Gasteiger partial charge >= 0.3 is 14.6 Å². The molecule has 0 saturated carbocycles. The monoisotopic (exact) mass is 521 g/mol. The van der Waals surface area contributed by atoms with E-state index < -0.39 is 14.6 Å². The average Bonchev–Trinajstić information content (AvgIpc) is 2.78. The van der Waals surface area contributed by atoms with Crippen LogP contribution in [-0.4, -0.2) is 37.3 Å². The van der Waals surface area contributed by atoms with Crippen molar-refractivity contribution in [2.75, 3.05) is 26.0 Å². The molecule has 1 atom stereocenters. The number of rotatable bonds is 16. The van der Waals surface area contributed by atoms with Crippen LogP contribution in [-0.2, 0) is 22.1 Å². The summed E-state index contributed by atoms with van der Waals surface area (Å²) < 4.78 is 63.2. The average molecular weight is 522 g/mol. The van der Waals surface area contributed by atoms with Crippen molar-refractivity contribution in [1.82, 2.24) is 5.32 Å². The van der Waals surface area contributed by atoms with Gasteiger partial charge in [-0.25, -0.2) is 0 Å². The normalized spacial score (nSPS) is 12.5. The number of unbranched alkanes of at least 4 members (excludes halogenated alkanes) is 2. The van der Waals surface area contributed by atoms with Gasteiger partial charge in [0.05, 0.1) is 13.7 Å². The van der Waals surface area contributed by atoms with Crippen LogP contribution in [0.25, 0.3) is 0 Å². The van der Waals surface area contributed by atoms with E-state index in [1.807, 2.05) is 24.3 Å². The Labute approximate surface area is 203 Å². The summed E-state index contributed by atoms with van der Waals surface area (Å²) >= 11 is 1.36. The molecule has 0 heterocycles. The summed E-state index contributed by atoms with van der Waals surface area (Å²) in [7, 11) is -1.30. The summed E-state index contributed by atoms with van der Waals surface area (Å²) in [5.74, 6) is 1.32. The molecule has 0 bridgehead atoms. The van der Waals surface area contributed by atoms with Crippen molar-refractivity contribution in [3.8, 4) is 11.5 Å². The van der Waals surface area contributed by atoms with Gasteiger partial charge in [-0.2, -0.15) is 0 Å². The topological polar surface area (TPSA) is 77.0 Å². The fraction of sp³-hybridized carbons (Fsp3) is 0.478. The largest absolute Gasteiger partial charge is 0.573 e. The van der Waals surface area contributed by atoms with Crippen LogP contribution in [0.1, 0.15) is 36.8 Å². The lowest BCUT2D eigenvalue weighted by Crippen LogP contribution is -2.19. The maximum atomic E-state index is 12.9. The highest BCUT2D eigenvalue weighted by Gasteiger charge is 2.32. The van der Waals surface area contributed by atoms with E-state index in [1.165, 1.54) is 23.4 Å². The molecule has 0 spiro atoms. The lowest BCUT2D eigenvalue weighted by atomic mass is 10.1. The van der Waals surface area contributed by atoms with Crippen LogP contribution < -0.4 is 14.8 Å². The van der Waals surface area contributed by atoms with E-state index in [4.69, 9.17) is 9.63 Å². The number of aryl methyl sites for hydroxylation is 1. The van der Waals surface area contributed by atoms with Crippen molar-refractivity contribution >= 4 is 20.0 Å². The van der Waals surface area contributed by atoms with Crippen molar-refractivity contribution in [3.63, 3.8) is 0 Å². The van der Waals surface area contributed by atoms with Gasteiger partial charge in [0.25, 0.3) is 0 Å². The Morgan fingerprint density at radius 3 is 2.44 bits per heavy atom. The molecule has 0 aromatic heterocycles. The second kappa shape index (κ2) is 15.3. The van der Waals surface area contributed by atoms with Crippen LogP contribution in [0, 0.1) is 0 Å². The predicted octanol–water partition coefficient (Wildman–Crippen LogP) is 5.98. The Bertz CT molecular complexity index is 884. The highest BCUT2D eigenvalue weighted by Crippen LogP contribution is 2.35. The summed E-state index contributed by atoms with van der Waals surface area (Å²) in [5, 5.41) is 3.07. The maximum Gasteiger partial charge on any atom is 0.573 e. The van der Waals surface area contributed by atoms with Gasteiger partial charge in [0.1, 0.15) is 11.5 Å². The van der Waals surface area contributed by atoms with Crippen LogP contribution >= 0.6 is 20.0 Å². The number of halogens is 3. The number of benzene rings is 2. The van der Waals surface area contributed by atoms with E-state index in [2.05, 4.69) is 14.6 Å². The van der Waals surface area contributed by atoms with Crippen LogP contribution in [0.2, 0.25) is 0 Å². The van der Waals surface area contributed by atoms with Gasteiger partial charge in [-0.15, -0.1) is 24.9 Å². The van der Waals surface area contributed by atoms with E-state index in [-0.39, 0.29) is 12.4 Å². The Kier molecular flexibility index (Phi) is 12.9. The summed E-state index contributed by atoms with van der Waals surface area (Å²) in [4.78, 5) is 9.05. The molecule has 0 aliphatic rings. The summed E-state index contributed by atoms with van der Waals surface area (Å²) in [5.41, 5.74) is 1.88. The summed E-state index contributed by atoms with van der Waals surface area (Å²) in [6.07, 6.45) is -0.439.